The van der Waals surface area contributed by atoms with Crippen molar-refractivity contribution >= 4 is 23.9 Å². The second kappa shape index (κ2) is 7.03. The third-order valence-electron chi connectivity index (χ3n) is 6.42. The number of hydrogen-bond donors (Lipinski definition) is 2. The van der Waals surface area contributed by atoms with Crippen molar-refractivity contribution in [1.82, 2.24) is 10.7 Å². The number of hydrogen-bond acceptors (Lipinski definition) is 6. The lowest BCUT2D eigenvalue weighted by Crippen LogP contribution is -2.56. The molecular weight excluding hydrogens is 364 g/mol. The number of nitrogens with zero attached hydrogens (tertiary/aromatic N) is 2. The van der Waals surface area contributed by atoms with Crippen LogP contribution in [0.15, 0.2) is 21.7 Å². The number of carbonyl (C=O) groups excluding carboxylic acids is 2. The highest BCUT2D eigenvalue weighted by molar-refractivity contribution is 5.90. The molecule has 1 aromatic rings. The number of rotatable bonds is 6. The van der Waals surface area contributed by atoms with Crippen LogP contribution in [0.1, 0.15) is 51.2 Å². The second-order valence-corrected chi connectivity index (χ2v) is 8.56. The van der Waals surface area contributed by atoms with Crippen molar-refractivity contribution in [3.05, 3.63) is 28.0 Å². The first kappa shape index (κ1) is 18.6. The molecule has 4 saturated carbocycles. The molecule has 1 atom stereocenters. The normalized spacial score (nSPS) is 31.7. The standard InChI is InChI=1S/C19H24N4O5/c1-11(17(24)22-20-10-15-2-3-16(28-15)23(26)27)21-18(25)19-7-12-4-13(8-19)6-14(5-12)9-19/h2-3,10-14H,4-9H2,1H3,(H,21,25)(H,22,24)/b20-10-. The van der Waals surface area contributed by atoms with E-state index in [2.05, 4.69) is 15.8 Å². The number of carbonyl (C=O) groups is 2. The van der Waals surface area contributed by atoms with E-state index < -0.39 is 22.8 Å². The molecule has 28 heavy (non-hydrogen) atoms. The predicted molar refractivity (Wildman–Crippen MR) is 99.3 cm³/mol. The van der Waals surface area contributed by atoms with Crippen LogP contribution in [0.25, 0.3) is 0 Å². The van der Waals surface area contributed by atoms with Crippen molar-refractivity contribution < 1.29 is 18.9 Å². The Morgan fingerprint density at radius 1 is 1.25 bits per heavy atom. The fourth-order valence-corrected chi connectivity index (χ4v) is 5.57. The molecule has 0 spiro atoms. The largest absolute Gasteiger partial charge is 0.433 e. The van der Waals surface area contributed by atoms with E-state index >= 15 is 0 Å². The molecule has 4 fully saturated rings. The van der Waals surface area contributed by atoms with Gasteiger partial charge < -0.3 is 9.73 Å². The summed E-state index contributed by atoms with van der Waals surface area (Å²) >= 11 is 0. The van der Waals surface area contributed by atoms with Crippen molar-refractivity contribution in [3.8, 4) is 0 Å². The van der Waals surface area contributed by atoms with Gasteiger partial charge in [0.15, 0.2) is 5.76 Å². The maximum Gasteiger partial charge on any atom is 0.433 e. The van der Waals surface area contributed by atoms with E-state index in [4.69, 9.17) is 4.42 Å². The van der Waals surface area contributed by atoms with Crippen molar-refractivity contribution in [3.63, 3.8) is 0 Å². The van der Waals surface area contributed by atoms with Crippen LogP contribution in [0.5, 0.6) is 0 Å². The van der Waals surface area contributed by atoms with Gasteiger partial charge in [-0.3, -0.25) is 19.7 Å². The quantitative estimate of drug-likeness (QED) is 0.439. The minimum atomic E-state index is -0.719. The van der Waals surface area contributed by atoms with Crippen LogP contribution in [-0.4, -0.2) is 29.0 Å². The minimum absolute atomic E-state index is 0.0140. The summed E-state index contributed by atoms with van der Waals surface area (Å²) in [7, 11) is 0. The monoisotopic (exact) mass is 388 g/mol. The van der Waals surface area contributed by atoms with Gasteiger partial charge in [-0.25, -0.2) is 5.43 Å². The molecule has 1 aromatic heterocycles. The van der Waals surface area contributed by atoms with E-state index in [0.29, 0.717) is 17.8 Å². The van der Waals surface area contributed by atoms with Gasteiger partial charge in [0.1, 0.15) is 11.0 Å². The first-order valence-electron chi connectivity index (χ1n) is 9.73. The van der Waals surface area contributed by atoms with E-state index in [0.717, 1.165) is 19.3 Å². The van der Waals surface area contributed by atoms with Crippen LogP contribution in [0, 0.1) is 33.3 Å². The van der Waals surface area contributed by atoms with Gasteiger partial charge in [0.2, 0.25) is 5.91 Å². The lowest BCUT2D eigenvalue weighted by molar-refractivity contribution is -0.402. The van der Waals surface area contributed by atoms with Crippen LogP contribution in [-0.2, 0) is 9.59 Å². The van der Waals surface area contributed by atoms with Crippen LogP contribution >= 0.6 is 0 Å². The second-order valence-electron chi connectivity index (χ2n) is 8.56. The van der Waals surface area contributed by atoms with Crippen LogP contribution in [0.3, 0.4) is 0 Å². The van der Waals surface area contributed by atoms with Crippen molar-refractivity contribution in [2.24, 2.45) is 28.3 Å². The Bertz CT molecular complexity index is 795. The van der Waals surface area contributed by atoms with Gasteiger partial charge in [-0.1, -0.05) is 0 Å². The summed E-state index contributed by atoms with van der Waals surface area (Å²) < 4.78 is 4.92. The highest BCUT2D eigenvalue weighted by Gasteiger charge is 2.54. The summed E-state index contributed by atoms with van der Waals surface area (Å²) in [5.41, 5.74) is 2.03. The number of nitrogens with one attached hydrogen (secondary N) is 2. The molecule has 5 rings (SSSR count). The molecule has 9 heteroatoms. The van der Waals surface area contributed by atoms with Crippen molar-refractivity contribution in [2.45, 2.75) is 51.5 Å². The predicted octanol–water partition coefficient (Wildman–Crippen LogP) is 2.36. The molecule has 2 N–H and O–H groups in total. The Labute approximate surface area is 162 Å². The first-order valence-corrected chi connectivity index (χ1v) is 9.73. The minimum Gasteiger partial charge on any atom is -0.400 e. The summed E-state index contributed by atoms with van der Waals surface area (Å²) in [6.45, 7) is 1.63. The highest BCUT2D eigenvalue weighted by atomic mass is 16.6. The van der Waals surface area contributed by atoms with Crippen LogP contribution in [0.2, 0.25) is 0 Å². The molecule has 9 nitrogen and oxygen atoms in total. The average Bonchev–Trinajstić information content (AvgIpc) is 3.09. The highest BCUT2D eigenvalue weighted by Crippen LogP contribution is 2.60. The molecule has 0 radical (unpaired) electrons. The lowest BCUT2D eigenvalue weighted by Gasteiger charge is -2.55. The summed E-state index contributed by atoms with van der Waals surface area (Å²) in [6.07, 6.45) is 7.75. The molecule has 4 bridgehead atoms. The maximum atomic E-state index is 13.0. The number of amides is 2. The molecule has 0 aromatic carbocycles. The molecule has 4 aliphatic rings. The molecule has 4 aliphatic carbocycles. The lowest BCUT2D eigenvalue weighted by atomic mass is 9.49. The Hall–Kier alpha value is -2.71. The van der Waals surface area contributed by atoms with E-state index in [1.54, 1.807) is 6.92 Å². The van der Waals surface area contributed by atoms with Crippen LogP contribution in [0.4, 0.5) is 5.88 Å². The van der Waals surface area contributed by atoms with Gasteiger partial charge in [-0.05, 0) is 69.3 Å². The van der Waals surface area contributed by atoms with Gasteiger partial charge in [0.25, 0.3) is 5.91 Å². The van der Waals surface area contributed by atoms with Crippen molar-refractivity contribution in [1.29, 1.82) is 0 Å². The zero-order valence-electron chi connectivity index (χ0n) is 15.7. The van der Waals surface area contributed by atoms with Gasteiger partial charge in [0.05, 0.1) is 12.3 Å². The smallest absolute Gasteiger partial charge is 0.400 e. The third-order valence-corrected chi connectivity index (χ3v) is 6.42. The zero-order chi connectivity index (χ0) is 19.9. The molecule has 1 unspecified atom stereocenters. The maximum absolute atomic E-state index is 13.0. The summed E-state index contributed by atoms with van der Waals surface area (Å²) in [6, 6.07) is 1.87. The van der Waals surface area contributed by atoms with Gasteiger partial charge >= 0.3 is 5.88 Å². The molecule has 0 aliphatic heterocycles. The average molecular weight is 388 g/mol. The van der Waals surface area contributed by atoms with E-state index in [9.17, 15) is 19.7 Å². The molecular formula is C19H24N4O5. The Balaban J connectivity index is 1.31. The topological polar surface area (TPSA) is 127 Å². The Morgan fingerprint density at radius 2 is 1.86 bits per heavy atom. The Morgan fingerprint density at radius 3 is 2.39 bits per heavy atom. The fourth-order valence-electron chi connectivity index (χ4n) is 5.57. The summed E-state index contributed by atoms with van der Waals surface area (Å²) in [4.78, 5) is 35.1. The van der Waals surface area contributed by atoms with Gasteiger partial charge in [-0.2, -0.15) is 5.10 Å². The molecule has 1 heterocycles. The van der Waals surface area contributed by atoms with E-state index in [1.165, 1.54) is 37.6 Å². The van der Waals surface area contributed by atoms with Gasteiger partial charge in [-0.15, -0.1) is 0 Å². The van der Waals surface area contributed by atoms with Crippen LogP contribution < -0.4 is 10.7 Å². The zero-order valence-corrected chi connectivity index (χ0v) is 15.7. The summed E-state index contributed by atoms with van der Waals surface area (Å²) in [5.74, 6) is 1.26. The number of nitro groups is 1. The van der Waals surface area contributed by atoms with E-state index in [1.807, 2.05) is 0 Å². The van der Waals surface area contributed by atoms with Gasteiger partial charge in [0, 0.05) is 5.41 Å². The molecule has 150 valence electrons. The number of hydrazone groups is 1. The molecule has 2 amide bonds. The SMILES string of the molecule is CC(NC(=O)C12CC3CC(CC(C3)C1)C2)C(=O)N/N=C\c1ccc([N+](=O)[O-])o1. The fraction of sp³-hybridized carbons (Fsp3) is 0.632. The number of furan rings is 1. The Kier molecular flexibility index (Phi) is 4.68. The molecule has 0 saturated heterocycles. The van der Waals surface area contributed by atoms with Crippen molar-refractivity contribution in [2.75, 3.05) is 0 Å². The summed E-state index contributed by atoms with van der Waals surface area (Å²) in [5, 5.41) is 17.2. The van der Waals surface area contributed by atoms with E-state index in [-0.39, 0.29) is 17.1 Å². The third kappa shape index (κ3) is 3.53. The first-order chi connectivity index (χ1) is 13.3.